The predicted molar refractivity (Wildman–Crippen MR) is 121 cm³/mol. The van der Waals surface area contributed by atoms with Gasteiger partial charge in [-0.3, -0.25) is 5.32 Å². The molecule has 34 heavy (non-hydrogen) atoms. The Labute approximate surface area is 218 Å². The van der Waals surface area contributed by atoms with Crippen LogP contribution in [0.25, 0.3) is 0 Å². The van der Waals surface area contributed by atoms with Gasteiger partial charge in [-0.1, -0.05) is 6.07 Å². The van der Waals surface area contributed by atoms with Crippen molar-refractivity contribution in [3.63, 3.8) is 0 Å². The number of hydrogen-bond donors (Lipinski definition) is 3. The number of amides is 2. The van der Waals surface area contributed by atoms with E-state index in [1.165, 1.54) is 26.4 Å². The predicted octanol–water partition coefficient (Wildman–Crippen LogP) is -0.808. The first kappa shape index (κ1) is 29.5. The molecule has 0 spiro atoms. The Hall–Kier alpha value is -2.50. The number of rotatable bonds is 9. The maximum absolute atomic E-state index is 12.9. The Morgan fingerprint density at radius 3 is 2.06 bits per heavy atom. The molecule has 1 heterocycles. The van der Waals surface area contributed by atoms with E-state index in [0.29, 0.717) is 0 Å². The van der Waals surface area contributed by atoms with Crippen LogP contribution in [0, 0.1) is 0 Å². The molecule has 0 aliphatic carbocycles. The van der Waals surface area contributed by atoms with E-state index in [-0.39, 0.29) is 64.9 Å². The van der Waals surface area contributed by atoms with E-state index in [2.05, 4.69) is 24.7 Å². The quantitative estimate of drug-likeness (QED) is 0.273. The van der Waals surface area contributed by atoms with Gasteiger partial charge < -0.3 is 14.2 Å². The second kappa shape index (κ2) is 12.3. The first-order valence-corrected chi connectivity index (χ1v) is 12.2. The third kappa shape index (κ3) is 8.37. The molecule has 17 heteroatoms. The van der Waals surface area contributed by atoms with Gasteiger partial charge in [-0.05, 0) is 17.7 Å². The molecule has 0 aliphatic rings. The van der Waals surface area contributed by atoms with Gasteiger partial charge in [0.15, 0.2) is 0 Å². The van der Waals surface area contributed by atoms with Gasteiger partial charge in [0.2, 0.25) is 27.7 Å². The van der Waals surface area contributed by atoms with Crippen molar-refractivity contribution in [1.29, 1.82) is 0 Å². The van der Waals surface area contributed by atoms with Gasteiger partial charge in [0.05, 0.1) is 39.2 Å². The third-order valence-corrected chi connectivity index (χ3v) is 5.87. The van der Waals surface area contributed by atoms with E-state index in [0.717, 1.165) is 25.5 Å². The summed E-state index contributed by atoms with van der Waals surface area (Å²) in [7, 11) is -4.53. The summed E-state index contributed by atoms with van der Waals surface area (Å²) in [6.45, 7) is -0.257. The van der Waals surface area contributed by atoms with Crippen molar-refractivity contribution in [2.24, 2.45) is 0 Å². The van der Waals surface area contributed by atoms with Crippen molar-refractivity contribution < 1.29 is 40.6 Å². The van der Waals surface area contributed by atoms with E-state index < -0.39 is 36.9 Å². The van der Waals surface area contributed by atoms with Gasteiger partial charge in [-0.15, -0.1) is 0 Å². The summed E-state index contributed by atoms with van der Waals surface area (Å²) < 4.78 is 66.8. The number of aromatic nitrogens is 2. The summed E-state index contributed by atoms with van der Waals surface area (Å²) in [6.07, 6.45) is 0.926. The number of hydrogen-bond acceptors (Lipinski definition) is 11. The fourth-order valence-corrected chi connectivity index (χ4v) is 3.95. The molecule has 14 nitrogen and oxygen atoms in total. The molecule has 0 atom stereocenters. The number of nitrogens with one attached hydrogen (secondary N) is 3. The number of sulfonamides is 2. The number of benzene rings is 1. The van der Waals surface area contributed by atoms with Gasteiger partial charge in [0, 0.05) is 6.54 Å². The zero-order chi connectivity index (χ0) is 24.8. The van der Waals surface area contributed by atoms with Crippen molar-refractivity contribution in [1.82, 2.24) is 19.4 Å². The van der Waals surface area contributed by atoms with Gasteiger partial charge in [-0.2, -0.15) is 9.97 Å². The van der Waals surface area contributed by atoms with Crippen LogP contribution in [0.2, 0.25) is 0 Å². The number of esters is 1. The maximum atomic E-state index is 12.9. The van der Waals surface area contributed by atoms with Crippen LogP contribution in [0.4, 0.5) is 10.7 Å². The minimum absolute atomic E-state index is 0. The summed E-state index contributed by atoms with van der Waals surface area (Å²) >= 11 is 0. The van der Waals surface area contributed by atoms with Crippen LogP contribution in [0.5, 0.6) is 11.8 Å². The summed E-state index contributed by atoms with van der Waals surface area (Å²) in [5, 5.41) is 2.12. The van der Waals surface area contributed by atoms with E-state index in [9.17, 15) is 26.4 Å². The van der Waals surface area contributed by atoms with Crippen molar-refractivity contribution in [3.8, 4) is 11.8 Å². The molecule has 0 unspecified atom stereocenters. The Bertz CT molecular complexity index is 1250. The molecule has 2 aromatic rings. The van der Waals surface area contributed by atoms with Crippen LogP contribution in [-0.2, 0) is 31.3 Å². The van der Waals surface area contributed by atoms with Gasteiger partial charge in [-0.25, -0.2) is 35.9 Å². The Morgan fingerprint density at radius 2 is 1.56 bits per heavy atom. The number of ether oxygens (including phenoxy) is 3. The van der Waals surface area contributed by atoms with E-state index >= 15 is 0 Å². The van der Waals surface area contributed by atoms with Crippen LogP contribution < -0.4 is 24.2 Å². The molecule has 0 aliphatic heterocycles. The van der Waals surface area contributed by atoms with Crippen molar-refractivity contribution in [3.05, 3.63) is 35.4 Å². The zero-order valence-corrected chi connectivity index (χ0v) is 19.5. The number of anilines is 1. The number of methoxy groups -OCH3 is 3. The molecule has 0 saturated heterocycles. The zero-order valence-electron chi connectivity index (χ0n) is 17.9. The first-order valence-electron chi connectivity index (χ1n) is 8.85. The fourth-order valence-electron chi connectivity index (χ4n) is 2.37. The monoisotopic (exact) mass is 527 g/mol. The fraction of sp³-hybridized carbons (Fsp3) is 0.294. The number of carbonyl (C=O) groups is 2. The van der Waals surface area contributed by atoms with Crippen LogP contribution in [0.1, 0.15) is 15.9 Å². The molecule has 3 N–H and O–H groups in total. The molecular weight excluding hydrogens is 505 g/mol. The Balaban J connectivity index is 0.00000578. The second-order valence-electron chi connectivity index (χ2n) is 6.25. The van der Waals surface area contributed by atoms with Crippen LogP contribution in [0.15, 0.2) is 29.2 Å². The minimum atomic E-state index is -4.63. The molecule has 182 valence electrons. The molecule has 0 fully saturated rings. The Morgan fingerprint density at radius 1 is 0.971 bits per heavy atom. The summed E-state index contributed by atoms with van der Waals surface area (Å²) in [5.41, 5.74) is -0.171. The topological polar surface area (TPSA) is 192 Å². The van der Waals surface area contributed by atoms with E-state index in [4.69, 9.17) is 9.47 Å². The Kier molecular flexibility index (Phi) is 10.7. The molecule has 0 bridgehead atoms. The average molecular weight is 528 g/mol. The number of urea groups is 1. The van der Waals surface area contributed by atoms with Gasteiger partial charge >= 0.3 is 41.6 Å². The van der Waals surface area contributed by atoms with Crippen LogP contribution in [-0.4, -0.2) is 95.9 Å². The van der Waals surface area contributed by atoms with Gasteiger partial charge in [0.25, 0.3) is 10.0 Å². The second-order valence-corrected chi connectivity index (χ2v) is 9.74. The van der Waals surface area contributed by atoms with Crippen LogP contribution >= 0.6 is 0 Å². The van der Waals surface area contributed by atoms with Crippen LogP contribution in [0.3, 0.4) is 0 Å². The average Bonchev–Trinajstić information content (AvgIpc) is 2.75. The molecule has 1 aromatic heterocycles. The van der Waals surface area contributed by atoms with Gasteiger partial charge in [0.1, 0.15) is 4.90 Å². The molecule has 2 amide bonds. The van der Waals surface area contributed by atoms with Crippen molar-refractivity contribution in [2.45, 2.75) is 11.4 Å². The normalized spacial score (nSPS) is 11.1. The molecule has 0 saturated carbocycles. The first-order chi connectivity index (χ1) is 15.4. The standard InChI is InChI=1S/C17H21N5O9S2.Na.H/c1-29-13-8-14(30-2)20-16(19-13)21-17(24)22-33(27,28)12-7-10(9-18-32(4,25)26)5-6-11(12)15(23)31-3;;/h5-8,18H,9H2,1-4H3,(H2,19,20,21,22,24);;. The third-order valence-electron chi connectivity index (χ3n) is 3.83. The number of carbonyl (C=O) groups excluding carboxylic acids is 2. The molecular formula is C17H22N5NaO9S2. The molecule has 0 radical (unpaired) electrons. The molecule has 1 aromatic carbocycles. The summed E-state index contributed by atoms with van der Waals surface area (Å²) in [4.78, 5) is 31.5. The van der Waals surface area contributed by atoms with Crippen molar-refractivity contribution >= 4 is 67.6 Å². The SMILES string of the molecule is COC(=O)c1ccc(CNS(C)(=O)=O)cc1S(=O)(=O)NC(=O)Nc1nc(OC)cc(OC)n1.[NaH]. The van der Waals surface area contributed by atoms with E-state index in [1.54, 1.807) is 4.72 Å². The van der Waals surface area contributed by atoms with E-state index in [1.807, 2.05) is 0 Å². The number of nitrogens with zero attached hydrogens (tertiary/aromatic N) is 2. The van der Waals surface area contributed by atoms with Crippen molar-refractivity contribution in [2.75, 3.05) is 32.9 Å². The summed E-state index contributed by atoms with van der Waals surface area (Å²) in [5.74, 6) is -1.23. The summed E-state index contributed by atoms with van der Waals surface area (Å²) in [6, 6.07) is 3.58. The molecule has 2 rings (SSSR count).